The fraction of sp³-hybridized carbons (Fsp3) is 0.412. The number of likely N-dealkylation sites (tertiary alicyclic amines) is 1. The third-order valence-corrected chi connectivity index (χ3v) is 4.51. The minimum Gasteiger partial charge on any atom is -0.495 e. The highest BCUT2D eigenvalue weighted by Gasteiger charge is 2.23. The maximum absolute atomic E-state index is 6.39. The number of hydrogen-bond acceptors (Lipinski definition) is 5. The number of ether oxygens (including phenoxy) is 1. The Kier molecular flexibility index (Phi) is 4.98. The topological polar surface area (TPSA) is 50.3 Å². The van der Waals surface area contributed by atoms with Gasteiger partial charge in [0.2, 0.25) is 0 Å². The second-order valence-corrected chi connectivity index (χ2v) is 6.22. The highest BCUT2D eigenvalue weighted by atomic mass is 35.5. The predicted octanol–water partition coefficient (Wildman–Crippen LogP) is 3.13. The van der Waals surface area contributed by atoms with Gasteiger partial charge in [0.1, 0.15) is 17.9 Å². The van der Waals surface area contributed by atoms with Crippen LogP contribution in [0.15, 0.2) is 30.6 Å². The number of nitrogens with one attached hydrogen (secondary N) is 1. The van der Waals surface area contributed by atoms with Gasteiger partial charge in [0, 0.05) is 37.4 Å². The van der Waals surface area contributed by atoms with Crippen molar-refractivity contribution in [2.75, 3.05) is 25.5 Å². The predicted molar refractivity (Wildman–Crippen MR) is 92.1 cm³/mol. The zero-order chi connectivity index (χ0) is 16.2. The van der Waals surface area contributed by atoms with Gasteiger partial charge in [-0.1, -0.05) is 23.7 Å². The first-order valence-electron chi connectivity index (χ1n) is 7.74. The average molecular weight is 333 g/mol. The zero-order valence-corrected chi connectivity index (χ0v) is 14.2. The van der Waals surface area contributed by atoms with Crippen LogP contribution in [-0.2, 0) is 6.54 Å². The summed E-state index contributed by atoms with van der Waals surface area (Å²) in [7, 11) is 1.64. The standard InChI is InChI=1S/C17H21ClN4O/c1-12-8-16(20-11-19-12)21-14-6-7-22(10-14)9-13-4-3-5-15(23-2)17(13)18/h3-5,8,11,14H,6-7,9-10H2,1-2H3,(H,19,20,21). The molecule has 0 bridgehead atoms. The van der Waals surface area contributed by atoms with Crippen molar-refractivity contribution in [3.05, 3.63) is 46.9 Å². The lowest BCUT2D eigenvalue weighted by Crippen LogP contribution is -2.26. The van der Waals surface area contributed by atoms with Crippen molar-refractivity contribution in [1.82, 2.24) is 14.9 Å². The quantitative estimate of drug-likeness (QED) is 0.911. The Morgan fingerprint density at radius 2 is 2.26 bits per heavy atom. The Labute approximate surface area is 141 Å². The summed E-state index contributed by atoms with van der Waals surface area (Å²) in [5, 5.41) is 4.19. The lowest BCUT2D eigenvalue weighted by molar-refractivity contribution is 0.327. The summed E-state index contributed by atoms with van der Waals surface area (Å²) >= 11 is 6.39. The number of rotatable bonds is 5. The molecule has 1 unspecified atom stereocenters. The number of nitrogens with zero attached hydrogens (tertiary/aromatic N) is 3. The minimum atomic E-state index is 0.397. The van der Waals surface area contributed by atoms with E-state index < -0.39 is 0 Å². The van der Waals surface area contributed by atoms with Crippen molar-refractivity contribution in [3.8, 4) is 5.75 Å². The molecule has 1 aliphatic heterocycles. The van der Waals surface area contributed by atoms with Crippen molar-refractivity contribution < 1.29 is 4.74 Å². The van der Waals surface area contributed by atoms with Crippen LogP contribution in [0.25, 0.3) is 0 Å². The fourth-order valence-corrected chi connectivity index (χ4v) is 3.18. The molecule has 0 spiro atoms. The third-order valence-electron chi connectivity index (χ3n) is 4.09. The van der Waals surface area contributed by atoms with Gasteiger partial charge in [-0.3, -0.25) is 4.90 Å². The molecule has 1 aliphatic rings. The summed E-state index contributed by atoms with van der Waals surface area (Å²) in [6.45, 7) is 4.81. The van der Waals surface area contributed by atoms with Crippen molar-refractivity contribution in [2.45, 2.75) is 25.9 Å². The molecule has 0 aliphatic carbocycles. The molecular formula is C17H21ClN4O. The van der Waals surface area contributed by atoms with E-state index in [1.165, 1.54) is 0 Å². The van der Waals surface area contributed by atoms with Gasteiger partial charge < -0.3 is 10.1 Å². The lowest BCUT2D eigenvalue weighted by Gasteiger charge is -2.18. The van der Waals surface area contributed by atoms with Crippen LogP contribution in [0, 0.1) is 6.92 Å². The maximum Gasteiger partial charge on any atom is 0.137 e. The van der Waals surface area contributed by atoms with Crippen molar-refractivity contribution >= 4 is 17.4 Å². The van der Waals surface area contributed by atoms with Gasteiger partial charge in [0.25, 0.3) is 0 Å². The highest BCUT2D eigenvalue weighted by Crippen LogP contribution is 2.29. The summed E-state index contributed by atoms with van der Waals surface area (Å²) in [4.78, 5) is 10.8. The van der Waals surface area contributed by atoms with E-state index in [0.717, 1.165) is 48.9 Å². The van der Waals surface area contributed by atoms with E-state index in [9.17, 15) is 0 Å². The summed E-state index contributed by atoms with van der Waals surface area (Å²) in [6.07, 6.45) is 2.69. The van der Waals surface area contributed by atoms with E-state index in [1.54, 1.807) is 13.4 Å². The Morgan fingerprint density at radius 3 is 3.04 bits per heavy atom. The molecule has 0 radical (unpaired) electrons. The smallest absolute Gasteiger partial charge is 0.137 e. The molecule has 1 aromatic carbocycles. The van der Waals surface area contributed by atoms with Gasteiger partial charge in [-0.25, -0.2) is 9.97 Å². The molecule has 1 N–H and O–H groups in total. The molecule has 122 valence electrons. The Hall–Kier alpha value is -1.85. The third kappa shape index (κ3) is 3.92. The normalized spacial score (nSPS) is 18.1. The van der Waals surface area contributed by atoms with E-state index in [4.69, 9.17) is 16.3 Å². The van der Waals surface area contributed by atoms with E-state index in [1.807, 2.05) is 25.1 Å². The molecular weight excluding hydrogens is 312 g/mol. The van der Waals surface area contributed by atoms with Crippen LogP contribution in [0.2, 0.25) is 5.02 Å². The minimum absolute atomic E-state index is 0.397. The molecule has 1 fully saturated rings. The second-order valence-electron chi connectivity index (χ2n) is 5.84. The van der Waals surface area contributed by atoms with Gasteiger partial charge in [-0.15, -0.1) is 0 Å². The van der Waals surface area contributed by atoms with Crippen LogP contribution in [-0.4, -0.2) is 41.1 Å². The molecule has 1 saturated heterocycles. The van der Waals surface area contributed by atoms with Crippen molar-refractivity contribution in [1.29, 1.82) is 0 Å². The molecule has 1 aromatic heterocycles. The lowest BCUT2D eigenvalue weighted by atomic mass is 10.2. The molecule has 0 saturated carbocycles. The molecule has 3 rings (SSSR count). The van der Waals surface area contributed by atoms with Crippen LogP contribution >= 0.6 is 11.6 Å². The highest BCUT2D eigenvalue weighted by molar-refractivity contribution is 6.32. The van der Waals surface area contributed by atoms with Crippen LogP contribution in [0.3, 0.4) is 0 Å². The molecule has 0 amide bonds. The number of halogens is 1. The Morgan fingerprint density at radius 1 is 1.39 bits per heavy atom. The van der Waals surface area contributed by atoms with Crippen LogP contribution < -0.4 is 10.1 Å². The average Bonchev–Trinajstić information content (AvgIpc) is 2.96. The molecule has 23 heavy (non-hydrogen) atoms. The summed E-state index contributed by atoms with van der Waals surface area (Å²) in [5.74, 6) is 1.62. The van der Waals surface area contributed by atoms with Gasteiger partial charge in [-0.2, -0.15) is 0 Å². The largest absolute Gasteiger partial charge is 0.495 e. The number of aromatic nitrogens is 2. The number of benzene rings is 1. The molecule has 1 atom stereocenters. The first kappa shape index (κ1) is 16.0. The summed E-state index contributed by atoms with van der Waals surface area (Å²) in [6, 6.07) is 8.29. The molecule has 2 aromatic rings. The molecule has 5 nitrogen and oxygen atoms in total. The molecule has 2 heterocycles. The number of hydrogen-bond donors (Lipinski definition) is 1. The first-order chi connectivity index (χ1) is 11.2. The maximum atomic E-state index is 6.39. The van der Waals surface area contributed by atoms with E-state index in [0.29, 0.717) is 11.1 Å². The van der Waals surface area contributed by atoms with Gasteiger partial charge >= 0.3 is 0 Å². The van der Waals surface area contributed by atoms with E-state index >= 15 is 0 Å². The fourth-order valence-electron chi connectivity index (χ4n) is 2.91. The zero-order valence-electron chi connectivity index (χ0n) is 13.4. The Balaban J connectivity index is 1.60. The monoisotopic (exact) mass is 332 g/mol. The number of anilines is 1. The van der Waals surface area contributed by atoms with Gasteiger partial charge in [0.15, 0.2) is 0 Å². The summed E-state index contributed by atoms with van der Waals surface area (Å²) < 4.78 is 5.28. The van der Waals surface area contributed by atoms with Crippen LogP contribution in [0.4, 0.5) is 5.82 Å². The van der Waals surface area contributed by atoms with Crippen molar-refractivity contribution in [3.63, 3.8) is 0 Å². The SMILES string of the molecule is COc1cccc(CN2CCC(Nc3cc(C)ncn3)C2)c1Cl. The number of aryl methyl sites for hydroxylation is 1. The van der Waals surface area contributed by atoms with E-state index in [-0.39, 0.29) is 0 Å². The Bertz CT molecular complexity index is 679. The summed E-state index contributed by atoms with van der Waals surface area (Å²) in [5.41, 5.74) is 2.07. The first-order valence-corrected chi connectivity index (χ1v) is 8.12. The van der Waals surface area contributed by atoms with Crippen LogP contribution in [0.5, 0.6) is 5.75 Å². The van der Waals surface area contributed by atoms with Crippen LogP contribution in [0.1, 0.15) is 17.7 Å². The number of methoxy groups -OCH3 is 1. The van der Waals surface area contributed by atoms with Gasteiger partial charge in [-0.05, 0) is 25.0 Å². The van der Waals surface area contributed by atoms with Gasteiger partial charge in [0.05, 0.1) is 12.1 Å². The second kappa shape index (κ2) is 7.15. The van der Waals surface area contributed by atoms with Crippen molar-refractivity contribution in [2.24, 2.45) is 0 Å². The molecule has 6 heteroatoms. The van der Waals surface area contributed by atoms with E-state index in [2.05, 4.69) is 26.3 Å².